The van der Waals surface area contributed by atoms with E-state index >= 15 is 0 Å². The van der Waals surface area contributed by atoms with Crippen molar-refractivity contribution in [3.8, 4) is 0 Å². The van der Waals surface area contributed by atoms with Crippen molar-refractivity contribution < 1.29 is 5.11 Å². The van der Waals surface area contributed by atoms with Crippen LogP contribution < -0.4 is 5.32 Å². The van der Waals surface area contributed by atoms with Crippen LogP contribution in [0.2, 0.25) is 0 Å². The van der Waals surface area contributed by atoms with Gasteiger partial charge < -0.3 is 10.4 Å². The summed E-state index contributed by atoms with van der Waals surface area (Å²) in [5.74, 6) is 0.186. The maximum atomic E-state index is 10.2. The molecule has 0 heterocycles. The molecule has 100 valence electrons. The topological polar surface area (TPSA) is 32.3 Å². The van der Waals surface area contributed by atoms with Crippen LogP contribution in [0.4, 0.5) is 0 Å². The van der Waals surface area contributed by atoms with Crippen molar-refractivity contribution >= 4 is 0 Å². The van der Waals surface area contributed by atoms with Crippen LogP contribution in [0.3, 0.4) is 0 Å². The Morgan fingerprint density at radius 3 is 2.16 bits per heavy atom. The minimum atomic E-state index is -0.413. The molecule has 0 aliphatic heterocycles. The van der Waals surface area contributed by atoms with Gasteiger partial charge in [-0.15, -0.1) is 0 Å². The number of hydrogen-bond acceptors (Lipinski definition) is 2. The SMILES string of the molecule is C[C@@H](CNCc1ccccc1)[C@@H](O)c1ccccc1. The predicted molar refractivity (Wildman–Crippen MR) is 78.7 cm³/mol. The van der Waals surface area contributed by atoms with Gasteiger partial charge in [0, 0.05) is 13.1 Å². The van der Waals surface area contributed by atoms with Crippen LogP contribution in [-0.2, 0) is 6.54 Å². The van der Waals surface area contributed by atoms with Crippen molar-refractivity contribution in [2.45, 2.75) is 19.6 Å². The molecule has 0 aromatic heterocycles. The summed E-state index contributed by atoms with van der Waals surface area (Å²) >= 11 is 0. The molecule has 2 aromatic carbocycles. The molecular weight excluding hydrogens is 234 g/mol. The molecule has 0 amide bonds. The predicted octanol–water partition coefficient (Wildman–Crippen LogP) is 3.15. The van der Waals surface area contributed by atoms with E-state index in [0.29, 0.717) is 0 Å². The average molecular weight is 255 g/mol. The van der Waals surface area contributed by atoms with E-state index in [2.05, 4.69) is 24.4 Å². The second-order valence-corrected chi connectivity index (χ2v) is 4.95. The van der Waals surface area contributed by atoms with Gasteiger partial charge in [-0.2, -0.15) is 0 Å². The first-order valence-electron chi connectivity index (χ1n) is 6.75. The number of rotatable bonds is 6. The zero-order valence-electron chi connectivity index (χ0n) is 11.3. The summed E-state index contributed by atoms with van der Waals surface area (Å²) in [6.45, 7) is 3.70. The largest absolute Gasteiger partial charge is 0.388 e. The van der Waals surface area contributed by atoms with Crippen molar-refractivity contribution in [1.29, 1.82) is 0 Å². The third kappa shape index (κ3) is 4.19. The Kier molecular flexibility index (Phi) is 5.13. The Balaban J connectivity index is 1.80. The van der Waals surface area contributed by atoms with E-state index in [1.54, 1.807) is 0 Å². The fraction of sp³-hybridized carbons (Fsp3) is 0.294. The average Bonchev–Trinajstić information content (AvgIpc) is 2.48. The van der Waals surface area contributed by atoms with Crippen LogP contribution in [0.25, 0.3) is 0 Å². The molecule has 0 saturated heterocycles. The zero-order valence-corrected chi connectivity index (χ0v) is 11.3. The van der Waals surface area contributed by atoms with Crippen LogP contribution in [0, 0.1) is 5.92 Å². The van der Waals surface area contributed by atoms with Crippen molar-refractivity contribution in [3.63, 3.8) is 0 Å². The molecule has 0 bridgehead atoms. The van der Waals surface area contributed by atoms with E-state index < -0.39 is 6.10 Å². The van der Waals surface area contributed by atoms with E-state index in [1.807, 2.05) is 48.5 Å². The monoisotopic (exact) mass is 255 g/mol. The smallest absolute Gasteiger partial charge is 0.0827 e. The molecule has 2 nitrogen and oxygen atoms in total. The normalized spacial score (nSPS) is 14.0. The van der Waals surface area contributed by atoms with E-state index in [4.69, 9.17) is 0 Å². The first kappa shape index (κ1) is 13.8. The van der Waals surface area contributed by atoms with E-state index in [0.717, 1.165) is 18.7 Å². The van der Waals surface area contributed by atoms with Gasteiger partial charge in [-0.25, -0.2) is 0 Å². The number of nitrogens with one attached hydrogen (secondary N) is 1. The third-order valence-electron chi connectivity index (χ3n) is 3.32. The molecule has 2 aromatic rings. The van der Waals surface area contributed by atoms with Gasteiger partial charge in [-0.05, 0) is 17.0 Å². The van der Waals surface area contributed by atoms with Gasteiger partial charge in [0.25, 0.3) is 0 Å². The summed E-state index contributed by atoms with van der Waals surface area (Å²) < 4.78 is 0. The standard InChI is InChI=1S/C17H21NO/c1-14(17(19)16-10-6-3-7-11-16)12-18-13-15-8-4-2-5-9-15/h2-11,14,17-19H,12-13H2,1H3/t14-,17+/m0/s1. The number of hydrogen-bond donors (Lipinski definition) is 2. The Morgan fingerprint density at radius 2 is 1.53 bits per heavy atom. The summed E-state index contributed by atoms with van der Waals surface area (Å²) in [7, 11) is 0. The van der Waals surface area contributed by atoms with Gasteiger partial charge in [-0.3, -0.25) is 0 Å². The minimum Gasteiger partial charge on any atom is -0.388 e. The Labute approximate surface area is 115 Å². The minimum absolute atomic E-state index is 0.186. The summed E-state index contributed by atoms with van der Waals surface area (Å²) in [5, 5.41) is 13.6. The van der Waals surface area contributed by atoms with Crippen molar-refractivity contribution in [3.05, 3.63) is 71.8 Å². The van der Waals surface area contributed by atoms with Gasteiger partial charge in [0.05, 0.1) is 6.10 Å². The summed E-state index contributed by atoms with van der Waals surface area (Å²) in [6, 6.07) is 20.1. The molecular formula is C17H21NO. The second kappa shape index (κ2) is 7.07. The van der Waals surface area contributed by atoms with Crippen LogP contribution in [0.5, 0.6) is 0 Å². The Hall–Kier alpha value is -1.64. The zero-order chi connectivity index (χ0) is 13.5. The highest BCUT2D eigenvalue weighted by atomic mass is 16.3. The molecule has 0 fully saturated rings. The quantitative estimate of drug-likeness (QED) is 0.831. The number of benzene rings is 2. The maximum absolute atomic E-state index is 10.2. The molecule has 2 heteroatoms. The van der Waals surface area contributed by atoms with Gasteiger partial charge in [0.15, 0.2) is 0 Å². The summed E-state index contributed by atoms with van der Waals surface area (Å²) in [4.78, 5) is 0. The van der Waals surface area contributed by atoms with Gasteiger partial charge >= 0.3 is 0 Å². The lowest BCUT2D eigenvalue weighted by Crippen LogP contribution is -2.25. The van der Waals surface area contributed by atoms with Crippen LogP contribution >= 0.6 is 0 Å². The molecule has 2 atom stereocenters. The number of aliphatic hydroxyl groups is 1. The molecule has 2 N–H and O–H groups in total. The van der Waals surface area contributed by atoms with Crippen molar-refractivity contribution in [1.82, 2.24) is 5.32 Å². The van der Waals surface area contributed by atoms with E-state index in [1.165, 1.54) is 5.56 Å². The maximum Gasteiger partial charge on any atom is 0.0827 e. The van der Waals surface area contributed by atoms with E-state index in [9.17, 15) is 5.11 Å². The lowest BCUT2D eigenvalue weighted by molar-refractivity contribution is 0.116. The molecule has 0 aliphatic rings. The van der Waals surface area contributed by atoms with E-state index in [-0.39, 0.29) is 5.92 Å². The second-order valence-electron chi connectivity index (χ2n) is 4.95. The molecule has 0 unspecified atom stereocenters. The lowest BCUT2D eigenvalue weighted by atomic mass is 9.97. The highest BCUT2D eigenvalue weighted by molar-refractivity contribution is 5.18. The molecule has 0 saturated carbocycles. The molecule has 0 radical (unpaired) electrons. The third-order valence-corrected chi connectivity index (χ3v) is 3.32. The van der Waals surface area contributed by atoms with Gasteiger partial charge in [0.1, 0.15) is 0 Å². The molecule has 0 aliphatic carbocycles. The van der Waals surface area contributed by atoms with Crippen LogP contribution in [0.15, 0.2) is 60.7 Å². The lowest BCUT2D eigenvalue weighted by Gasteiger charge is -2.19. The number of aliphatic hydroxyl groups excluding tert-OH is 1. The highest BCUT2D eigenvalue weighted by Crippen LogP contribution is 2.20. The first-order chi connectivity index (χ1) is 9.27. The Morgan fingerprint density at radius 1 is 0.947 bits per heavy atom. The molecule has 19 heavy (non-hydrogen) atoms. The highest BCUT2D eigenvalue weighted by Gasteiger charge is 2.15. The van der Waals surface area contributed by atoms with Crippen LogP contribution in [0.1, 0.15) is 24.2 Å². The van der Waals surface area contributed by atoms with Crippen molar-refractivity contribution in [2.75, 3.05) is 6.54 Å². The fourth-order valence-corrected chi connectivity index (χ4v) is 2.13. The van der Waals surface area contributed by atoms with Crippen molar-refractivity contribution in [2.24, 2.45) is 5.92 Å². The van der Waals surface area contributed by atoms with Crippen LogP contribution in [-0.4, -0.2) is 11.7 Å². The van der Waals surface area contributed by atoms with Gasteiger partial charge in [0.2, 0.25) is 0 Å². The first-order valence-corrected chi connectivity index (χ1v) is 6.75. The summed E-state index contributed by atoms with van der Waals surface area (Å²) in [5.41, 5.74) is 2.25. The Bertz CT molecular complexity index is 469. The summed E-state index contributed by atoms with van der Waals surface area (Å²) in [6.07, 6.45) is -0.413. The molecule has 0 spiro atoms. The fourth-order valence-electron chi connectivity index (χ4n) is 2.13. The molecule has 2 rings (SSSR count). The van der Waals surface area contributed by atoms with Gasteiger partial charge in [-0.1, -0.05) is 67.6 Å².